The first-order chi connectivity index (χ1) is 5.45. The van der Waals surface area contributed by atoms with Crippen molar-refractivity contribution in [3.05, 3.63) is 24.4 Å². The lowest BCUT2D eigenvalue weighted by molar-refractivity contribution is 0.114. The number of hydrogen-bond acceptors (Lipinski definition) is 2. The summed E-state index contributed by atoms with van der Waals surface area (Å²) in [7, 11) is 0. The van der Waals surface area contributed by atoms with Crippen molar-refractivity contribution in [1.29, 1.82) is 0 Å². The molecule has 1 aliphatic carbocycles. The molecule has 1 radical (unpaired) electrons. The van der Waals surface area contributed by atoms with Crippen LogP contribution in [0.1, 0.15) is 19.3 Å². The van der Waals surface area contributed by atoms with Gasteiger partial charge in [-0.2, -0.15) is 0 Å². The molecule has 1 aliphatic rings. The van der Waals surface area contributed by atoms with Gasteiger partial charge in [0.1, 0.15) is 6.10 Å². The Balaban J connectivity index is 1.95. The molecule has 0 saturated heterocycles. The number of rotatable bonds is 2. The van der Waals surface area contributed by atoms with Gasteiger partial charge in [-0.05, 0) is 31.4 Å². The van der Waals surface area contributed by atoms with E-state index in [1.165, 1.54) is 19.3 Å². The highest BCUT2D eigenvalue weighted by molar-refractivity contribution is 5.08. The average Bonchev–Trinajstić information content (AvgIpc) is 1.99. The molecule has 0 aliphatic heterocycles. The van der Waals surface area contributed by atoms with Crippen LogP contribution in [0.2, 0.25) is 0 Å². The standard InChI is InChI=1S/C9H10NO/c1-2-7-10-9(6-1)11-8-4-3-5-8/h2,6-8H,3-5H2. The van der Waals surface area contributed by atoms with E-state index in [1.54, 1.807) is 18.3 Å². The molecule has 0 spiro atoms. The van der Waals surface area contributed by atoms with Crippen LogP contribution in [0.3, 0.4) is 0 Å². The third kappa shape index (κ3) is 1.50. The number of pyridine rings is 1. The molecule has 0 unspecified atom stereocenters. The van der Waals surface area contributed by atoms with Gasteiger partial charge in [0.05, 0.1) is 0 Å². The monoisotopic (exact) mass is 148 g/mol. The van der Waals surface area contributed by atoms with E-state index in [1.807, 2.05) is 0 Å². The minimum Gasteiger partial charge on any atom is -0.474 e. The Morgan fingerprint density at radius 3 is 3.00 bits per heavy atom. The van der Waals surface area contributed by atoms with Crippen molar-refractivity contribution in [1.82, 2.24) is 4.98 Å². The van der Waals surface area contributed by atoms with E-state index in [0.29, 0.717) is 12.0 Å². The zero-order valence-corrected chi connectivity index (χ0v) is 6.29. The number of nitrogens with zero attached hydrogens (tertiary/aromatic N) is 1. The van der Waals surface area contributed by atoms with Crippen molar-refractivity contribution in [2.45, 2.75) is 25.4 Å². The Morgan fingerprint density at radius 2 is 2.45 bits per heavy atom. The zero-order chi connectivity index (χ0) is 7.52. The fourth-order valence-corrected chi connectivity index (χ4v) is 1.03. The molecule has 1 aromatic heterocycles. The predicted molar refractivity (Wildman–Crippen MR) is 41.3 cm³/mol. The van der Waals surface area contributed by atoms with Crippen LogP contribution in [0.25, 0.3) is 0 Å². The molecule has 0 atom stereocenters. The van der Waals surface area contributed by atoms with Gasteiger partial charge in [0.25, 0.3) is 0 Å². The van der Waals surface area contributed by atoms with Crippen LogP contribution in [-0.4, -0.2) is 11.1 Å². The predicted octanol–water partition coefficient (Wildman–Crippen LogP) is 1.81. The second kappa shape index (κ2) is 2.91. The van der Waals surface area contributed by atoms with E-state index in [0.717, 1.165) is 0 Å². The van der Waals surface area contributed by atoms with E-state index in [4.69, 9.17) is 4.74 Å². The fourth-order valence-electron chi connectivity index (χ4n) is 1.03. The first-order valence-corrected chi connectivity index (χ1v) is 3.94. The molecule has 0 amide bonds. The minimum absolute atomic E-state index is 0.415. The highest BCUT2D eigenvalue weighted by Gasteiger charge is 2.18. The smallest absolute Gasteiger partial charge is 0.214 e. The van der Waals surface area contributed by atoms with Crippen molar-refractivity contribution in [2.75, 3.05) is 0 Å². The molecular weight excluding hydrogens is 138 g/mol. The Morgan fingerprint density at radius 1 is 1.55 bits per heavy atom. The van der Waals surface area contributed by atoms with Crippen molar-refractivity contribution in [2.24, 2.45) is 0 Å². The van der Waals surface area contributed by atoms with Gasteiger partial charge in [0, 0.05) is 12.3 Å². The Hall–Kier alpha value is -1.05. The zero-order valence-electron chi connectivity index (χ0n) is 6.29. The maximum absolute atomic E-state index is 5.51. The molecule has 0 aromatic carbocycles. The number of hydrogen-bond donors (Lipinski definition) is 0. The Bertz CT molecular complexity index is 218. The number of ether oxygens (including phenoxy) is 1. The summed E-state index contributed by atoms with van der Waals surface area (Å²) in [5.74, 6) is 0.706. The minimum atomic E-state index is 0.415. The summed E-state index contributed by atoms with van der Waals surface area (Å²) in [6, 6.07) is 6.47. The first kappa shape index (κ1) is 6.65. The SMILES string of the molecule is [c]1ccnc(OC2CCC2)c1. The van der Waals surface area contributed by atoms with Crippen LogP contribution in [0.4, 0.5) is 0 Å². The highest BCUT2D eigenvalue weighted by atomic mass is 16.5. The summed E-state index contributed by atoms with van der Waals surface area (Å²) in [6.45, 7) is 0. The summed E-state index contributed by atoms with van der Waals surface area (Å²) < 4.78 is 5.51. The molecule has 1 fully saturated rings. The molecule has 57 valence electrons. The molecule has 0 N–H and O–H groups in total. The van der Waals surface area contributed by atoms with Crippen molar-refractivity contribution >= 4 is 0 Å². The van der Waals surface area contributed by atoms with Gasteiger partial charge < -0.3 is 4.74 Å². The van der Waals surface area contributed by atoms with Crippen LogP contribution >= 0.6 is 0 Å². The van der Waals surface area contributed by atoms with Crippen molar-refractivity contribution in [3.8, 4) is 5.88 Å². The average molecular weight is 148 g/mol. The molecule has 1 heterocycles. The van der Waals surface area contributed by atoms with E-state index in [2.05, 4.69) is 11.1 Å². The molecule has 2 rings (SSSR count). The van der Waals surface area contributed by atoms with E-state index < -0.39 is 0 Å². The Labute approximate surface area is 66.2 Å². The quantitative estimate of drug-likeness (QED) is 0.638. The first-order valence-electron chi connectivity index (χ1n) is 3.94. The van der Waals surface area contributed by atoms with Gasteiger partial charge in [-0.1, -0.05) is 0 Å². The van der Waals surface area contributed by atoms with Crippen LogP contribution < -0.4 is 4.74 Å². The lowest BCUT2D eigenvalue weighted by atomic mass is 9.96. The fraction of sp³-hybridized carbons (Fsp3) is 0.444. The third-order valence-corrected chi connectivity index (χ3v) is 1.92. The van der Waals surface area contributed by atoms with Crippen LogP contribution in [0.15, 0.2) is 18.3 Å². The lowest BCUT2D eigenvalue weighted by Gasteiger charge is -2.25. The summed E-state index contributed by atoms with van der Waals surface area (Å²) in [6.07, 6.45) is 5.76. The lowest BCUT2D eigenvalue weighted by Crippen LogP contribution is -2.24. The molecular formula is C9H10NO. The maximum atomic E-state index is 5.51. The maximum Gasteiger partial charge on any atom is 0.214 e. The van der Waals surface area contributed by atoms with Gasteiger partial charge in [-0.15, -0.1) is 0 Å². The van der Waals surface area contributed by atoms with E-state index >= 15 is 0 Å². The second-order valence-electron chi connectivity index (χ2n) is 2.76. The second-order valence-corrected chi connectivity index (χ2v) is 2.76. The third-order valence-electron chi connectivity index (χ3n) is 1.92. The summed E-state index contributed by atoms with van der Waals surface area (Å²) in [5, 5.41) is 0. The molecule has 2 heteroatoms. The highest BCUT2D eigenvalue weighted by Crippen LogP contribution is 2.23. The number of aromatic nitrogens is 1. The van der Waals surface area contributed by atoms with Gasteiger partial charge in [-0.25, -0.2) is 4.98 Å². The van der Waals surface area contributed by atoms with Gasteiger partial charge >= 0.3 is 0 Å². The largest absolute Gasteiger partial charge is 0.474 e. The molecule has 1 aromatic rings. The molecule has 11 heavy (non-hydrogen) atoms. The molecule has 1 saturated carbocycles. The topological polar surface area (TPSA) is 22.1 Å². The van der Waals surface area contributed by atoms with Crippen molar-refractivity contribution < 1.29 is 4.74 Å². The van der Waals surface area contributed by atoms with Crippen molar-refractivity contribution in [3.63, 3.8) is 0 Å². The summed E-state index contributed by atoms with van der Waals surface area (Å²) >= 11 is 0. The van der Waals surface area contributed by atoms with E-state index in [-0.39, 0.29) is 0 Å². The Kier molecular flexibility index (Phi) is 1.76. The molecule has 0 bridgehead atoms. The van der Waals surface area contributed by atoms with Crippen LogP contribution in [0.5, 0.6) is 5.88 Å². The van der Waals surface area contributed by atoms with Gasteiger partial charge in [0.15, 0.2) is 0 Å². The van der Waals surface area contributed by atoms with Gasteiger partial charge in [0.2, 0.25) is 5.88 Å². The van der Waals surface area contributed by atoms with Crippen LogP contribution in [0, 0.1) is 6.07 Å². The van der Waals surface area contributed by atoms with E-state index in [9.17, 15) is 0 Å². The normalized spacial score (nSPS) is 17.5. The van der Waals surface area contributed by atoms with Crippen LogP contribution in [-0.2, 0) is 0 Å². The van der Waals surface area contributed by atoms with Gasteiger partial charge in [-0.3, -0.25) is 0 Å². The summed E-state index contributed by atoms with van der Waals surface area (Å²) in [4.78, 5) is 4.05. The summed E-state index contributed by atoms with van der Waals surface area (Å²) in [5.41, 5.74) is 0. The molecule has 2 nitrogen and oxygen atoms in total.